The third-order valence-electron chi connectivity index (χ3n) is 5.10. The first-order chi connectivity index (χ1) is 10.6. The number of likely N-dealkylation sites (tertiary alicyclic amines) is 1. The Balaban J connectivity index is 1.61. The van der Waals surface area contributed by atoms with Gasteiger partial charge in [-0.15, -0.1) is 0 Å². The highest BCUT2D eigenvalue weighted by atomic mass is 79.9. The zero-order valence-corrected chi connectivity index (χ0v) is 14.3. The molecular formula is C17H23BrFN2O+. The summed E-state index contributed by atoms with van der Waals surface area (Å²) in [5.41, 5.74) is 0.268. The Morgan fingerprint density at radius 2 is 2.05 bits per heavy atom. The van der Waals surface area contributed by atoms with Crippen LogP contribution in [0.2, 0.25) is 0 Å². The minimum absolute atomic E-state index is 0.0811. The molecule has 1 saturated carbocycles. The molecule has 3 atom stereocenters. The number of nitrogens with one attached hydrogen (secondary N) is 2. The predicted molar refractivity (Wildman–Crippen MR) is 88.4 cm³/mol. The van der Waals surface area contributed by atoms with E-state index in [-0.39, 0.29) is 11.6 Å². The Bertz CT molecular complexity index is 549. The molecule has 0 radical (unpaired) electrons. The van der Waals surface area contributed by atoms with Gasteiger partial charge in [0.15, 0.2) is 6.54 Å². The number of fused-ring (bicyclic) bond motifs is 1. The molecule has 120 valence electrons. The number of anilines is 1. The van der Waals surface area contributed by atoms with E-state index < -0.39 is 5.82 Å². The summed E-state index contributed by atoms with van der Waals surface area (Å²) in [6, 6.07) is 5.35. The third kappa shape index (κ3) is 3.69. The maximum atomic E-state index is 13.8. The molecule has 0 aromatic heterocycles. The zero-order chi connectivity index (χ0) is 15.5. The molecule has 1 amide bonds. The monoisotopic (exact) mass is 369 g/mol. The molecule has 2 N–H and O–H groups in total. The summed E-state index contributed by atoms with van der Waals surface area (Å²) < 4.78 is 14.5. The molecule has 1 aliphatic heterocycles. The maximum Gasteiger partial charge on any atom is 0.279 e. The fourth-order valence-electron chi connectivity index (χ4n) is 4.08. The molecule has 1 saturated heterocycles. The van der Waals surface area contributed by atoms with Crippen molar-refractivity contribution in [3.05, 3.63) is 28.5 Å². The number of amides is 1. The zero-order valence-electron chi connectivity index (χ0n) is 12.7. The highest BCUT2D eigenvalue weighted by molar-refractivity contribution is 9.10. The van der Waals surface area contributed by atoms with Gasteiger partial charge in [0.2, 0.25) is 0 Å². The van der Waals surface area contributed by atoms with Crippen molar-refractivity contribution in [1.82, 2.24) is 0 Å². The Hall–Kier alpha value is -0.940. The first-order valence-electron chi connectivity index (χ1n) is 8.23. The first kappa shape index (κ1) is 15.9. The normalized spacial score (nSPS) is 28.0. The van der Waals surface area contributed by atoms with Gasteiger partial charge in [0.25, 0.3) is 5.91 Å². The number of piperidine rings is 1. The van der Waals surface area contributed by atoms with Gasteiger partial charge in [0, 0.05) is 10.4 Å². The van der Waals surface area contributed by atoms with Crippen molar-refractivity contribution in [1.29, 1.82) is 0 Å². The molecule has 2 fully saturated rings. The van der Waals surface area contributed by atoms with Gasteiger partial charge in [0.1, 0.15) is 5.82 Å². The lowest BCUT2D eigenvalue weighted by molar-refractivity contribution is -0.928. The molecule has 3 nitrogen and oxygen atoms in total. The average molecular weight is 370 g/mol. The largest absolute Gasteiger partial charge is 0.324 e. The van der Waals surface area contributed by atoms with Gasteiger partial charge in [-0.05, 0) is 50.3 Å². The number of carbonyl (C=O) groups excluding carboxylic acids is 1. The number of quaternary nitrogens is 1. The van der Waals surface area contributed by atoms with Crippen LogP contribution in [-0.2, 0) is 4.79 Å². The van der Waals surface area contributed by atoms with Crippen LogP contribution in [0.1, 0.15) is 38.5 Å². The molecule has 22 heavy (non-hydrogen) atoms. The lowest BCUT2D eigenvalue weighted by Gasteiger charge is -2.40. The van der Waals surface area contributed by atoms with E-state index >= 15 is 0 Å². The summed E-state index contributed by atoms with van der Waals surface area (Å²) in [5, 5.41) is 2.72. The summed E-state index contributed by atoms with van der Waals surface area (Å²) in [6.07, 6.45) is 7.70. The fraction of sp³-hybridized carbons (Fsp3) is 0.588. The predicted octanol–water partition coefficient (Wildman–Crippen LogP) is 2.76. The van der Waals surface area contributed by atoms with Crippen LogP contribution in [0.4, 0.5) is 10.1 Å². The van der Waals surface area contributed by atoms with E-state index in [0.29, 0.717) is 17.1 Å². The van der Waals surface area contributed by atoms with Crippen molar-refractivity contribution in [2.75, 3.05) is 18.4 Å². The van der Waals surface area contributed by atoms with Crippen LogP contribution in [0.15, 0.2) is 22.7 Å². The molecule has 1 aliphatic carbocycles. The van der Waals surface area contributed by atoms with Crippen molar-refractivity contribution in [2.45, 2.75) is 44.6 Å². The Morgan fingerprint density at radius 3 is 2.86 bits per heavy atom. The molecule has 1 unspecified atom stereocenters. The van der Waals surface area contributed by atoms with Gasteiger partial charge in [0.05, 0.1) is 18.3 Å². The van der Waals surface area contributed by atoms with Crippen molar-refractivity contribution in [2.24, 2.45) is 5.92 Å². The highest BCUT2D eigenvalue weighted by Crippen LogP contribution is 2.28. The van der Waals surface area contributed by atoms with Crippen LogP contribution < -0.4 is 10.2 Å². The van der Waals surface area contributed by atoms with E-state index in [1.165, 1.54) is 49.5 Å². The molecular weight excluding hydrogens is 347 g/mol. The molecule has 2 aliphatic rings. The quantitative estimate of drug-likeness (QED) is 0.843. The number of hydrogen-bond acceptors (Lipinski definition) is 1. The van der Waals surface area contributed by atoms with Gasteiger partial charge >= 0.3 is 0 Å². The minimum Gasteiger partial charge on any atom is -0.324 e. The average Bonchev–Trinajstić information content (AvgIpc) is 2.50. The van der Waals surface area contributed by atoms with Gasteiger partial charge in [-0.2, -0.15) is 0 Å². The van der Waals surface area contributed by atoms with Crippen LogP contribution in [0, 0.1) is 11.7 Å². The summed E-state index contributed by atoms with van der Waals surface area (Å²) in [7, 11) is 0. The molecule has 1 aromatic rings. The van der Waals surface area contributed by atoms with E-state index in [4.69, 9.17) is 0 Å². The van der Waals surface area contributed by atoms with Gasteiger partial charge in [-0.25, -0.2) is 4.39 Å². The van der Waals surface area contributed by atoms with Crippen LogP contribution in [0.25, 0.3) is 0 Å². The van der Waals surface area contributed by atoms with E-state index in [1.54, 1.807) is 12.1 Å². The van der Waals surface area contributed by atoms with Crippen LogP contribution in [0.5, 0.6) is 0 Å². The number of carbonyl (C=O) groups is 1. The second-order valence-corrected chi connectivity index (χ2v) is 7.47. The molecule has 5 heteroatoms. The minimum atomic E-state index is -0.396. The second-order valence-electron chi connectivity index (χ2n) is 6.55. The number of benzene rings is 1. The molecule has 3 rings (SSSR count). The Labute approximate surface area is 139 Å². The summed E-state index contributed by atoms with van der Waals surface area (Å²) in [4.78, 5) is 13.7. The van der Waals surface area contributed by atoms with E-state index in [9.17, 15) is 9.18 Å². The van der Waals surface area contributed by atoms with E-state index in [2.05, 4.69) is 21.2 Å². The molecule has 0 spiro atoms. The molecule has 1 aromatic carbocycles. The lowest BCUT2D eigenvalue weighted by Crippen LogP contribution is -3.18. The SMILES string of the molecule is O=C(C[NH+]1CCC[C@@H]2CCCC[C@@H]21)Nc1ccc(Br)cc1F. The smallest absolute Gasteiger partial charge is 0.279 e. The second kappa shape index (κ2) is 7.09. The van der Waals surface area contributed by atoms with Crippen LogP contribution in [0.3, 0.4) is 0 Å². The molecule has 0 bridgehead atoms. The summed E-state index contributed by atoms with van der Waals surface area (Å²) in [5.74, 6) is 0.309. The van der Waals surface area contributed by atoms with Crippen LogP contribution in [-0.4, -0.2) is 25.0 Å². The van der Waals surface area contributed by atoms with Crippen LogP contribution >= 0.6 is 15.9 Å². The highest BCUT2D eigenvalue weighted by Gasteiger charge is 2.37. The third-order valence-corrected chi connectivity index (χ3v) is 5.59. The van der Waals surface area contributed by atoms with Gasteiger partial charge < -0.3 is 10.2 Å². The first-order valence-corrected chi connectivity index (χ1v) is 9.02. The van der Waals surface area contributed by atoms with Crippen molar-refractivity contribution < 1.29 is 14.1 Å². The standard InChI is InChI=1S/C17H22BrFN2O/c18-13-7-8-15(14(19)10-13)20-17(22)11-21-9-3-5-12-4-1-2-6-16(12)21/h7-8,10,12,16H,1-6,9,11H2,(H,20,22)/p+1/t12-,16-/m0/s1. The molecule has 1 heterocycles. The van der Waals surface area contributed by atoms with Crippen molar-refractivity contribution in [3.8, 4) is 0 Å². The Kier molecular flexibility index (Phi) is 5.14. The number of halogens is 2. The number of hydrogen-bond donors (Lipinski definition) is 2. The topological polar surface area (TPSA) is 33.5 Å². The van der Waals surface area contributed by atoms with Gasteiger partial charge in [-0.3, -0.25) is 4.79 Å². The fourth-order valence-corrected chi connectivity index (χ4v) is 4.41. The number of rotatable bonds is 3. The van der Waals surface area contributed by atoms with Crippen molar-refractivity contribution >= 4 is 27.5 Å². The Morgan fingerprint density at radius 1 is 1.27 bits per heavy atom. The van der Waals surface area contributed by atoms with Crippen molar-refractivity contribution in [3.63, 3.8) is 0 Å². The van der Waals surface area contributed by atoms with E-state index in [0.717, 1.165) is 12.5 Å². The van der Waals surface area contributed by atoms with Gasteiger partial charge in [-0.1, -0.05) is 22.4 Å². The summed E-state index contributed by atoms with van der Waals surface area (Å²) >= 11 is 3.22. The van der Waals surface area contributed by atoms with E-state index in [1.807, 2.05) is 0 Å². The lowest BCUT2D eigenvalue weighted by atomic mass is 9.78. The summed E-state index contributed by atoms with van der Waals surface area (Å²) in [6.45, 7) is 1.52. The maximum absolute atomic E-state index is 13.8.